The van der Waals surface area contributed by atoms with Crippen molar-refractivity contribution in [2.75, 3.05) is 26.3 Å². The monoisotopic (exact) mass is 339 g/mol. The number of ether oxygens (including phenoxy) is 1. The van der Waals surface area contributed by atoms with Gasteiger partial charge in [0.1, 0.15) is 0 Å². The average Bonchev–Trinajstić information content (AvgIpc) is 1.98. The molecule has 0 aromatic carbocycles. The lowest BCUT2D eigenvalue weighted by Crippen LogP contribution is -2.48. The molecule has 2 heteroatoms. The first-order chi connectivity index (χ1) is 10.8. The third-order valence-electron chi connectivity index (χ3n) is 6.20. The van der Waals surface area contributed by atoms with Crippen molar-refractivity contribution < 1.29 is 4.74 Å². The van der Waals surface area contributed by atoms with Gasteiger partial charge in [0.05, 0.1) is 13.2 Å². The summed E-state index contributed by atoms with van der Waals surface area (Å²) in [6, 6.07) is 0. The molecule has 0 bridgehead atoms. The Hall–Kier alpha value is -0.0800. The average molecular weight is 340 g/mol. The van der Waals surface area contributed by atoms with Crippen molar-refractivity contribution in [1.29, 1.82) is 0 Å². The zero-order valence-corrected chi connectivity index (χ0v) is 18.1. The minimum absolute atomic E-state index is 0.470. The summed E-state index contributed by atoms with van der Waals surface area (Å²) in [4.78, 5) is 0. The molecule has 1 saturated carbocycles. The normalized spacial score (nSPS) is 22.9. The van der Waals surface area contributed by atoms with Crippen LogP contribution in [0, 0.1) is 34.0 Å². The van der Waals surface area contributed by atoms with Gasteiger partial charge in [-0.05, 0) is 54.0 Å². The Morgan fingerprint density at radius 2 is 1.04 bits per heavy atom. The van der Waals surface area contributed by atoms with Crippen molar-refractivity contribution in [2.24, 2.45) is 34.0 Å². The molecule has 3 fully saturated rings. The highest BCUT2D eigenvalue weighted by molar-refractivity contribution is 4.84. The predicted molar refractivity (Wildman–Crippen MR) is 106 cm³/mol. The number of nitrogens with one attached hydrogen (secondary N) is 1. The third-order valence-corrected chi connectivity index (χ3v) is 6.20. The summed E-state index contributed by atoms with van der Waals surface area (Å²) in [5.74, 6) is 2.76. The van der Waals surface area contributed by atoms with Crippen molar-refractivity contribution >= 4 is 0 Å². The fourth-order valence-corrected chi connectivity index (χ4v) is 2.91. The molecular formula is C22H45NO. The molecule has 3 aliphatic rings. The summed E-state index contributed by atoms with van der Waals surface area (Å²) >= 11 is 0. The number of hydrogen-bond acceptors (Lipinski definition) is 2. The van der Waals surface area contributed by atoms with E-state index in [-0.39, 0.29) is 0 Å². The Morgan fingerprint density at radius 1 is 0.625 bits per heavy atom. The summed E-state index contributed by atoms with van der Waals surface area (Å²) in [7, 11) is 0. The van der Waals surface area contributed by atoms with Crippen LogP contribution >= 0.6 is 0 Å². The van der Waals surface area contributed by atoms with Crippen molar-refractivity contribution in [1.82, 2.24) is 5.32 Å². The Kier molecular flexibility index (Phi) is 7.81. The SMILES string of the molecule is CC(C)(C)C1CCC1.CC(C)(C)C1CNC1.CC(C)(C)C1COC1. The van der Waals surface area contributed by atoms with E-state index in [0.717, 1.165) is 31.0 Å². The van der Waals surface area contributed by atoms with Gasteiger partial charge in [-0.25, -0.2) is 0 Å². The first kappa shape index (κ1) is 22.0. The second-order valence-electron chi connectivity index (χ2n) is 11.3. The van der Waals surface area contributed by atoms with E-state index in [4.69, 9.17) is 4.74 Å². The van der Waals surface area contributed by atoms with Crippen LogP contribution in [0.2, 0.25) is 0 Å². The topological polar surface area (TPSA) is 21.3 Å². The molecule has 2 saturated heterocycles. The number of hydrogen-bond donors (Lipinski definition) is 1. The molecule has 0 amide bonds. The summed E-state index contributed by atoms with van der Waals surface area (Å²) in [5.41, 5.74) is 1.60. The third kappa shape index (κ3) is 7.44. The molecule has 3 rings (SSSR count). The summed E-state index contributed by atoms with van der Waals surface area (Å²) in [5, 5.41) is 3.27. The number of rotatable bonds is 0. The van der Waals surface area contributed by atoms with Gasteiger partial charge in [0.2, 0.25) is 0 Å². The van der Waals surface area contributed by atoms with E-state index >= 15 is 0 Å². The van der Waals surface area contributed by atoms with Gasteiger partial charge in [-0.3, -0.25) is 0 Å². The van der Waals surface area contributed by atoms with Crippen molar-refractivity contribution in [3.8, 4) is 0 Å². The van der Waals surface area contributed by atoms with Crippen LogP contribution in [0.1, 0.15) is 81.6 Å². The molecule has 0 aromatic rings. The first-order valence-corrected chi connectivity index (χ1v) is 10.1. The predicted octanol–water partition coefficient (Wildman–Crippen LogP) is 5.76. The standard InChI is InChI=1S/C8H16.C7H15N.C7H14O/c1-8(2,3)7-5-4-6-7;2*1-7(2,3)6-4-8-5-6/h7H,4-6H2,1-3H3;6,8H,4-5H2,1-3H3;6H,4-5H2,1-3H3. The lowest BCUT2D eigenvalue weighted by Gasteiger charge is -2.38. The smallest absolute Gasteiger partial charge is 0.0521 e. The van der Waals surface area contributed by atoms with Gasteiger partial charge >= 0.3 is 0 Å². The van der Waals surface area contributed by atoms with Gasteiger partial charge in [-0.15, -0.1) is 0 Å². The maximum Gasteiger partial charge on any atom is 0.0521 e. The van der Waals surface area contributed by atoms with E-state index < -0.39 is 0 Å². The molecule has 1 N–H and O–H groups in total. The van der Waals surface area contributed by atoms with Crippen molar-refractivity contribution in [2.45, 2.75) is 81.6 Å². The maximum absolute atomic E-state index is 5.06. The highest BCUT2D eigenvalue weighted by atomic mass is 16.5. The summed E-state index contributed by atoms with van der Waals surface area (Å²) < 4.78 is 5.06. The van der Waals surface area contributed by atoms with E-state index in [1.807, 2.05) is 0 Å². The summed E-state index contributed by atoms with van der Waals surface area (Å²) in [6.45, 7) is 25.1. The second-order valence-corrected chi connectivity index (χ2v) is 11.3. The van der Waals surface area contributed by atoms with Crippen LogP contribution in [0.15, 0.2) is 0 Å². The van der Waals surface area contributed by atoms with Gasteiger partial charge in [0.15, 0.2) is 0 Å². The van der Waals surface area contributed by atoms with Crippen LogP contribution in [0.25, 0.3) is 0 Å². The van der Waals surface area contributed by atoms with Crippen LogP contribution in [0.5, 0.6) is 0 Å². The molecule has 2 nitrogen and oxygen atoms in total. The Morgan fingerprint density at radius 3 is 1.04 bits per heavy atom. The maximum atomic E-state index is 5.06. The van der Waals surface area contributed by atoms with Crippen LogP contribution in [0.3, 0.4) is 0 Å². The van der Waals surface area contributed by atoms with E-state index in [2.05, 4.69) is 67.6 Å². The lowest BCUT2D eigenvalue weighted by molar-refractivity contribution is -0.0821. The molecule has 0 radical (unpaired) electrons. The van der Waals surface area contributed by atoms with Gasteiger partial charge in [-0.2, -0.15) is 0 Å². The molecular weight excluding hydrogens is 294 g/mol. The molecule has 24 heavy (non-hydrogen) atoms. The molecule has 2 aliphatic heterocycles. The van der Waals surface area contributed by atoms with Gasteiger partial charge in [0, 0.05) is 5.92 Å². The van der Waals surface area contributed by atoms with Crippen LogP contribution in [-0.4, -0.2) is 26.3 Å². The van der Waals surface area contributed by atoms with E-state index in [0.29, 0.717) is 16.2 Å². The zero-order chi connectivity index (χ0) is 18.6. The zero-order valence-electron chi connectivity index (χ0n) is 18.1. The fraction of sp³-hybridized carbons (Fsp3) is 1.00. The Bertz CT molecular complexity index is 287. The largest absolute Gasteiger partial charge is 0.381 e. The van der Waals surface area contributed by atoms with Crippen LogP contribution < -0.4 is 5.32 Å². The van der Waals surface area contributed by atoms with Gasteiger partial charge in [0.25, 0.3) is 0 Å². The Balaban J connectivity index is 0.000000180. The highest BCUT2D eigenvalue weighted by Gasteiger charge is 2.31. The molecule has 0 atom stereocenters. The summed E-state index contributed by atoms with van der Waals surface area (Å²) in [6.07, 6.45) is 4.43. The second kappa shape index (κ2) is 8.54. The molecule has 0 unspecified atom stereocenters. The van der Waals surface area contributed by atoms with E-state index in [1.165, 1.54) is 32.4 Å². The fourth-order valence-electron chi connectivity index (χ4n) is 2.91. The molecule has 0 spiro atoms. The Labute approximate surface area is 152 Å². The molecule has 1 aliphatic carbocycles. The first-order valence-electron chi connectivity index (χ1n) is 10.1. The van der Waals surface area contributed by atoms with Gasteiger partial charge < -0.3 is 10.1 Å². The van der Waals surface area contributed by atoms with E-state index in [1.54, 1.807) is 0 Å². The van der Waals surface area contributed by atoms with Crippen LogP contribution in [-0.2, 0) is 4.74 Å². The lowest BCUT2D eigenvalue weighted by atomic mass is 9.69. The molecule has 144 valence electrons. The molecule has 0 aromatic heterocycles. The van der Waals surface area contributed by atoms with E-state index in [9.17, 15) is 0 Å². The van der Waals surface area contributed by atoms with Crippen LogP contribution in [0.4, 0.5) is 0 Å². The highest BCUT2D eigenvalue weighted by Crippen LogP contribution is 2.40. The van der Waals surface area contributed by atoms with Crippen molar-refractivity contribution in [3.05, 3.63) is 0 Å². The molecule has 2 heterocycles. The minimum atomic E-state index is 0.470. The van der Waals surface area contributed by atoms with Crippen molar-refractivity contribution in [3.63, 3.8) is 0 Å². The minimum Gasteiger partial charge on any atom is -0.381 e. The quantitative estimate of drug-likeness (QED) is 0.605. The van der Waals surface area contributed by atoms with Gasteiger partial charge in [-0.1, -0.05) is 68.7 Å².